The summed E-state index contributed by atoms with van der Waals surface area (Å²) >= 11 is 0. The topological polar surface area (TPSA) is 60.9 Å². The van der Waals surface area contributed by atoms with Crippen molar-refractivity contribution >= 4 is 15.9 Å². The molecule has 0 bridgehead atoms. The highest BCUT2D eigenvalue weighted by molar-refractivity contribution is 7.89. The van der Waals surface area contributed by atoms with Gasteiger partial charge in [0, 0.05) is 39.3 Å². The van der Waals surface area contributed by atoms with Crippen LogP contribution in [0.4, 0.5) is 0 Å². The molecule has 140 valence electrons. The van der Waals surface area contributed by atoms with Gasteiger partial charge in [0.1, 0.15) is 0 Å². The van der Waals surface area contributed by atoms with E-state index in [1.807, 2.05) is 44.7 Å². The molecule has 0 radical (unpaired) electrons. The van der Waals surface area contributed by atoms with Gasteiger partial charge in [-0.1, -0.05) is 12.1 Å². The van der Waals surface area contributed by atoms with E-state index in [1.54, 1.807) is 18.0 Å². The van der Waals surface area contributed by atoms with Gasteiger partial charge in [0.25, 0.3) is 0 Å². The maximum Gasteiger partial charge on any atom is 0.243 e. The van der Waals surface area contributed by atoms with Crippen LogP contribution < -0.4 is 0 Å². The molecule has 25 heavy (non-hydrogen) atoms. The second-order valence-electron chi connectivity index (χ2n) is 7.05. The summed E-state index contributed by atoms with van der Waals surface area (Å²) in [4.78, 5) is 16.3. The summed E-state index contributed by atoms with van der Waals surface area (Å²) in [5.74, 6) is 0.0702. The van der Waals surface area contributed by atoms with Crippen molar-refractivity contribution in [3.05, 3.63) is 29.3 Å². The third kappa shape index (κ3) is 4.59. The van der Waals surface area contributed by atoms with Crippen molar-refractivity contribution in [1.29, 1.82) is 0 Å². The van der Waals surface area contributed by atoms with Crippen LogP contribution >= 0.6 is 0 Å². The predicted molar refractivity (Wildman–Crippen MR) is 99.0 cm³/mol. The number of aryl methyl sites for hydroxylation is 2. The van der Waals surface area contributed by atoms with Crippen LogP contribution in [0.1, 0.15) is 25.0 Å². The molecule has 0 saturated carbocycles. The molecule has 1 aliphatic rings. The number of rotatable bonds is 5. The summed E-state index contributed by atoms with van der Waals surface area (Å²) in [5, 5.41) is 0. The number of benzene rings is 1. The third-order valence-corrected chi connectivity index (χ3v) is 6.86. The van der Waals surface area contributed by atoms with E-state index >= 15 is 0 Å². The molecule has 0 spiro atoms. The summed E-state index contributed by atoms with van der Waals surface area (Å²) in [7, 11) is -1.69. The summed E-state index contributed by atoms with van der Waals surface area (Å²) in [6.45, 7) is 9.98. The van der Waals surface area contributed by atoms with Crippen LogP contribution in [-0.2, 0) is 14.8 Å². The molecule has 0 unspecified atom stereocenters. The number of likely N-dealkylation sites (N-methyl/N-ethyl adjacent to an activating group) is 1. The lowest BCUT2D eigenvalue weighted by Gasteiger charge is -2.35. The average Bonchev–Trinajstić information content (AvgIpc) is 2.56. The number of hydrogen-bond donors (Lipinski definition) is 0. The van der Waals surface area contributed by atoms with Gasteiger partial charge in [-0.15, -0.1) is 0 Å². The van der Waals surface area contributed by atoms with Crippen molar-refractivity contribution in [2.75, 3.05) is 39.8 Å². The smallest absolute Gasteiger partial charge is 0.243 e. The minimum Gasteiger partial charge on any atom is -0.342 e. The largest absolute Gasteiger partial charge is 0.342 e. The Balaban J connectivity index is 2.02. The fraction of sp³-hybridized carbons (Fsp3) is 0.611. The Morgan fingerprint density at radius 1 is 1.16 bits per heavy atom. The zero-order valence-electron chi connectivity index (χ0n) is 15.8. The van der Waals surface area contributed by atoms with Gasteiger partial charge >= 0.3 is 0 Å². The molecular weight excluding hydrogens is 338 g/mol. The lowest BCUT2D eigenvalue weighted by molar-refractivity contribution is -0.132. The zero-order chi connectivity index (χ0) is 18.8. The van der Waals surface area contributed by atoms with E-state index in [1.165, 1.54) is 4.31 Å². The van der Waals surface area contributed by atoms with E-state index in [9.17, 15) is 13.2 Å². The maximum atomic E-state index is 12.9. The highest BCUT2D eigenvalue weighted by atomic mass is 32.2. The molecule has 6 nitrogen and oxygen atoms in total. The van der Waals surface area contributed by atoms with Crippen LogP contribution in [-0.4, -0.2) is 74.2 Å². The van der Waals surface area contributed by atoms with Gasteiger partial charge in [-0.25, -0.2) is 8.42 Å². The van der Waals surface area contributed by atoms with Crippen molar-refractivity contribution in [1.82, 2.24) is 14.1 Å². The van der Waals surface area contributed by atoms with Gasteiger partial charge in [-0.05, 0) is 44.9 Å². The van der Waals surface area contributed by atoms with Crippen molar-refractivity contribution in [3.8, 4) is 0 Å². The van der Waals surface area contributed by atoms with Crippen LogP contribution in [0.15, 0.2) is 23.1 Å². The number of carbonyl (C=O) groups is 1. The number of amides is 1. The van der Waals surface area contributed by atoms with Gasteiger partial charge < -0.3 is 4.90 Å². The molecule has 2 rings (SSSR count). The first-order valence-electron chi connectivity index (χ1n) is 8.68. The van der Waals surface area contributed by atoms with Crippen LogP contribution in [0.5, 0.6) is 0 Å². The van der Waals surface area contributed by atoms with E-state index in [0.29, 0.717) is 37.6 Å². The highest BCUT2D eigenvalue weighted by Gasteiger charge is 2.30. The number of piperazine rings is 1. The van der Waals surface area contributed by atoms with E-state index < -0.39 is 10.0 Å². The highest BCUT2D eigenvalue weighted by Crippen LogP contribution is 2.22. The van der Waals surface area contributed by atoms with Crippen molar-refractivity contribution < 1.29 is 13.2 Å². The first-order chi connectivity index (χ1) is 11.6. The Morgan fingerprint density at radius 3 is 2.32 bits per heavy atom. The first-order valence-corrected chi connectivity index (χ1v) is 10.1. The summed E-state index contributed by atoms with van der Waals surface area (Å²) in [5.41, 5.74) is 1.70. The van der Waals surface area contributed by atoms with Gasteiger partial charge in [-0.2, -0.15) is 4.31 Å². The van der Waals surface area contributed by atoms with Gasteiger partial charge in [-0.3, -0.25) is 9.69 Å². The molecule has 1 fully saturated rings. The fourth-order valence-corrected chi connectivity index (χ4v) is 4.58. The molecule has 0 aromatic heterocycles. The molecule has 1 amide bonds. The van der Waals surface area contributed by atoms with Crippen LogP contribution in [0.25, 0.3) is 0 Å². The molecule has 1 aliphatic heterocycles. The molecule has 1 saturated heterocycles. The quantitative estimate of drug-likeness (QED) is 0.791. The monoisotopic (exact) mass is 367 g/mol. The SMILES string of the molecule is Cc1ccc(C)c(S(=O)(=O)N2CCN(CC(=O)N(C)C(C)C)CC2)c1. The minimum absolute atomic E-state index is 0.0702. The van der Waals surface area contributed by atoms with Crippen molar-refractivity contribution in [2.45, 2.75) is 38.6 Å². The molecule has 1 aromatic rings. The number of nitrogens with zero attached hydrogens (tertiary/aromatic N) is 3. The van der Waals surface area contributed by atoms with E-state index in [2.05, 4.69) is 0 Å². The summed E-state index contributed by atoms with van der Waals surface area (Å²) in [6, 6.07) is 5.67. The Bertz CT molecular complexity index is 723. The maximum absolute atomic E-state index is 12.9. The van der Waals surface area contributed by atoms with Crippen molar-refractivity contribution in [2.24, 2.45) is 0 Å². The second kappa shape index (κ2) is 7.85. The van der Waals surface area contributed by atoms with Gasteiger partial charge in [0.2, 0.25) is 15.9 Å². The van der Waals surface area contributed by atoms with Crippen LogP contribution in [0.3, 0.4) is 0 Å². The Morgan fingerprint density at radius 2 is 1.76 bits per heavy atom. The number of hydrogen-bond acceptors (Lipinski definition) is 4. The molecule has 0 atom stereocenters. The Kier molecular flexibility index (Phi) is 6.24. The number of carbonyl (C=O) groups excluding carboxylic acids is 1. The summed E-state index contributed by atoms with van der Waals surface area (Å²) < 4.78 is 27.4. The molecule has 0 N–H and O–H groups in total. The minimum atomic E-state index is -3.49. The van der Waals surface area contributed by atoms with E-state index in [4.69, 9.17) is 0 Å². The van der Waals surface area contributed by atoms with E-state index in [-0.39, 0.29) is 11.9 Å². The first kappa shape index (κ1) is 19.9. The average molecular weight is 368 g/mol. The molecule has 7 heteroatoms. The lowest BCUT2D eigenvalue weighted by Crippen LogP contribution is -2.51. The zero-order valence-corrected chi connectivity index (χ0v) is 16.6. The molecule has 0 aliphatic carbocycles. The Hall–Kier alpha value is -1.44. The standard InChI is InChI=1S/C18H29N3O3S/c1-14(2)19(5)18(22)13-20-8-10-21(11-9-20)25(23,24)17-12-15(3)6-7-16(17)4/h6-7,12,14H,8-11,13H2,1-5H3. The number of sulfonamides is 1. The Labute approximate surface area is 151 Å². The van der Waals surface area contributed by atoms with Crippen LogP contribution in [0, 0.1) is 13.8 Å². The predicted octanol–water partition coefficient (Wildman–Crippen LogP) is 1.48. The molecular formula is C18H29N3O3S. The lowest BCUT2D eigenvalue weighted by atomic mass is 10.2. The third-order valence-electron chi connectivity index (χ3n) is 4.82. The second-order valence-corrected chi connectivity index (χ2v) is 8.95. The fourth-order valence-electron chi connectivity index (χ4n) is 2.84. The molecule has 1 aromatic carbocycles. The molecule has 1 heterocycles. The van der Waals surface area contributed by atoms with Crippen molar-refractivity contribution in [3.63, 3.8) is 0 Å². The summed E-state index contributed by atoms with van der Waals surface area (Å²) in [6.07, 6.45) is 0. The van der Waals surface area contributed by atoms with Crippen LogP contribution in [0.2, 0.25) is 0 Å². The van der Waals surface area contributed by atoms with Gasteiger partial charge in [0.15, 0.2) is 0 Å². The normalized spacial score (nSPS) is 17.0. The van der Waals surface area contributed by atoms with E-state index in [0.717, 1.165) is 11.1 Å². The van der Waals surface area contributed by atoms with Gasteiger partial charge in [0.05, 0.1) is 11.4 Å².